The number of unbranched alkanes of at least 4 members (excludes halogenated alkanes) is 2. The van der Waals surface area contributed by atoms with Gasteiger partial charge >= 0.3 is 0 Å². The average Bonchev–Trinajstić information content (AvgIpc) is 2.96. The number of aliphatic hydroxyl groups excluding tert-OH is 3. The third-order valence-electron chi connectivity index (χ3n) is 6.35. The van der Waals surface area contributed by atoms with Gasteiger partial charge in [0.25, 0.3) is 0 Å². The quantitative estimate of drug-likeness (QED) is 0.453. The molecule has 1 aliphatic heterocycles. The molecule has 3 N–H and O–H groups in total. The summed E-state index contributed by atoms with van der Waals surface area (Å²) in [5.74, 6) is -0.884. The Labute approximate surface area is 201 Å². The van der Waals surface area contributed by atoms with Crippen LogP contribution in [0.4, 0.5) is 4.39 Å². The van der Waals surface area contributed by atoms with Crippen molar-refractivity contribution < 1.29 is 29.2 Å². The summed E-state index contributed by atoms with van der Waals surface area (Å²) in [6, 6.07) is 4.56. The number of benzene rings is 1. The monoisotopic (exact) mass is 473 g/mol. The molecule has 7 heteroatoms. The summed E-state index contributed by atoms with van der Waals surface area (Å²) in [5.41, 5.74) is 2.24. The van der Waals surface area contributed by atoms with Gasteiger partial charge in [-0.3, -0.25) is 9.69 Å². The van der Waals surface area contributed by atoms with Crippen molar-refractivity contribution >= 4 is 11.4 Å². The Morgan fingerprint density at radius 2 is 1.94 bits per heavy atom. The molecule has 6 nitrogen and oxygen atoms in total. The second-order valence-electron chi connectivity index (χ2n) is 8.92. The maximum atomic E-state index is 14.7. The van der Waals surface area contributed by atoms with Gasteiger partial charge in [0.1, 0.15) is 18.0 Å². The maximum absolute atomic E-state index is 14.7. The van der Waals surface area contributed by atoms with E-state index >= 15 is 0 Å². The molecular weight excluding hydrogens is 437 g/mol. The summed E-state index contributed by atoms with van der Waals surface area (Å²) in [6.07, 6.45) is 13.1. The van der Waals surface area contributed by atoms with Crippen LogP contribution in [0.1, 0.15) is 49.7 Å². The molecule has 0 saturated carbocycles. The lowest BCUT2D eigenvalue weighted by Gasteiger charge is -2.39. The number of nitrogens with zero attached hydrogens (tertiary/aromatic N) is 1. The zero-order valence-electron chi connectivity index (χ0n) is 19.6. The predicted octanol–water partition coefficient (Wildman–Crippen LogP) is 3.16. The lowest BCUT2D eigenvalue weighted by atomic mass is 9.95. The van der Waals surface area contributed by atoms with Crippen LogP contribution >= 0.6 is 0 Å². The first kappa shape index (κ1) is 26.4. The summed E-state index contributed by atoms with van der Waals surface area (Å²) in [7, 11) is 0. The highest BCUT2D eigenvalue weighted by atomic mass is 19.1. The molecule has 1 aliphatic carbocycles. The molecular formula is C27H36FNO5. The van der Waals surface area contributed by atoms with Crippen molar-refractivity contribution in [1.82, 2.24) is 4.90 Å². The van der Waals surface area contributed by atoms with E-state index in [4.69, 9.17) is 4.74 Å². The number of piperidine rings is 1. The number of rotatable bonds is 10. The Morgan fingerprint density at radius 1 is 1.12 bits per heavy atom. The number of carbonyl (C=O) groups is 1. The summed E-state index contributed by atoms with van der Waals surface area (Å²) in [4.78, 5) is 13.4. The van der Waals surface area contributed by atoms with E-state index in [2.05, 4.69) is 12.2 Å². The molecule has 1 saturated heterocycles. The van der Waals surface area contributed by atoms with E-state index in [1.54, 1.807) is 11.0 Å². The molecule has 0 bridgehead atoms. The van der Waals surface area contributed by atoms with E-state index in [-0.39, 0.29) is 19.0 Å². The molecule has 2 aliphatic rings. The van der Waals surface area contributed by atoms with Gasteiger partial charge in [-0.05, 0) is 62.3 Å². The number of aliphatic hydroxyl groups is 3. The fourth-order valence-corrected chi connectivity index (χ4v) is 4.34. The standard InChI is InChI=1S/C27H36FNO5/c28-23-16-20(12-13-22(23)21-10-6-3-1-2-4-7-11-21)19-34-15-9-5-8-14-29-17-25(31)27(33)26(32)24(29)18-30/h3,6-7,10-13,16,24-26,30-32H,1-2,4-5,8-9,14-15,17-19H2/b6-3-,11-7?,21-10?/t24?,25-,26+/m0/s1. The first-order valence-corrected chi connectivity index (χ1v) is 12.2. The summed E-state index contributed by atoms with van der Waals surface area (Å²) >= 11 is 0. The lowest BCUT2D eigenvalue weighted by Crippen LogP contribution is -2.60. The number of β-amino-alcohol motifs (C(OH)–C–C–N with tert-alkyl or cyclic N) is 1. The van der Waals surface area contributed by atoms with E-state index in [9.17, 15) is 24.5 Å². The molecule has 34 heavy (non-hydrogen) atoms. The zero-order chi connectivity index (χ0) is 24.3. The van der Waals surface area contributed by atoms with Crippen molar-refractivity contribution in [3.05, 3.63) is 65.5 Å². The van der Waals surface area contributed by atoms with Crippen molar-refractivity contribution in [3.8, 4) is 0 Å². The van der Waals surface area contributed by atoms with E-state index in [1.807, 2.05) is 24.3 Å². The largest absolute Gasteiger partial charge is 0.395 e. The molecule has 1 aromatic carbocycles. The van der Waals surface area contributed by atoms with Crippen LogP contribution in [0.2, 0.25) is 0 Å². The minimum atomic E-state index is -1.36. The first-order chi connectivity index (χ1) is 16.5. The van der Waals surface area contributed by atoms with Gasteiger partial charge in [0.05, 0.1) is 19.3 Å². The summed E-state index contributed by atoms with van der Waals surface area (Å²) in [5, 5.41) is 29.2. The van der Waals surface area contributed by atoms with E-state index in [0.717, 1.165) is 49.7 Å². The maximum Gasteiger partial charge on any atom is 0.192 e. The molecule has 3 atom stereocenters. The highest BCUT2D eigenvalue weighted by Crippen LogP contribution is 2.23. The number of allylic oxidation sites excluding steroid dienone is 6. The number of carbonyl (C=O) groups excluding carboxylic acids is 1. The number of ketones is 1. The van der Waals surface area contributed by atoms with Gasteiger partial charge in [-0.25, -0.2) is 4.39 Å². The molecule has 1 fully saturated rings. The van der Waals surface area contributed by atoms with Gasteiger partial charge in [0.15, 0.2) is 5.78 Å². The lowest BCUT2D eigenvalue weighted by molar-refractivity contribution is -0.150. The van der Waals surface area contributed by atoms with Crippen LogP contribution in [0.15, 0.2) is 48.6 Å². The van der Waals surface area contributed by atoms with Crippen LogP contribution in [-0.4, -0.2) is 70.6 Å². The Balaban J connectivity index is 1.38. The smallest absolute Gasteiger partial charge is 0.192 e. The number of Topliss-reactive ketones (excluding diaryl/α,β-unsaturated/α-hetero) is 1. The second-order valence-corrected chi connectivity index (χ2v) is 8.92. The molecule has 186 valence electrons. The van der Waals surface area contributed by atoms with Crippen LogP contribution in [-0.2, 0) is 16.1 Å². The molecule has 0 spiro atoms. The van der Waals surface area contributed by atoms with Gasteiger partial charge in [-0.15, -0.1) is 0 Å². The van der Waals surface area contributed by atoms with Crippen LogP contribution in [0.3, 0.4) is 0 Å². The van der Waals surface area contributed by atoms with Crippen LogP contribution in [0.5, 0.6) is 0 Å². The number of ether oxygens (including phenoxy) is 1. The van der Waals surface area contributed by atoms with Crippen LogP contribution in [0, 0.1) is 5.82 Å². The highest BCUT2D eigenvalue weighted by molar-refractivity contribution is 5.88. The molecule has 3 rings (SSSR count). The molecule has 0 aromatic heterocycles. The second kappa shape index (κ2) is 13.7. The van der Waals surface area contributed by atoms with Gasteiger partial charge < -0.3 is 20.1 Å². The number of halogens is 1. The molecule has 0 radical (unpaired) electrons. The number of likely N-dealkylation sites (tertiary alicyclic amines) is 1. The Morgan fingerprint density at radius 3 is 2.74 bits per heavy atom. The van der Waals surface area contributed by atoms with Gasteiger partial charge in [0, 0.05) is 18.7 Å². The molecule has 1 heterocycles. The van der Waals surface area contributed by atoms with Gasteiger partial charge in [0.2, 0.25) is 0 Å². The number of hydrogen-bond donors (Lipinski definition) is 3. The third kappa shape index (κ3) is 7.42. The first-order valence-electron chi connectivity index (χ1n) is 12.2. The topological polar surface area (TPSA) is 90.2 Å². The minimum absolute atomic E-state index is 0.127. The van der Waals surface area contributed by atoms with Gasteiger partial charge in [-0.2, -0.15) is 0 Å². The fourth-order valence-electron chi connectivity index (χ4n) is 4.34. The molecule has 0 amide bonds. The third-order valence-corrected chi connectivity index (χ3v) is 6.35. The Hall–Kier alpha value is -2.16. The van der Waals surface area contributed by atoms with Crippen molar-refractivity contribution in [1.29, 1.82) is 0 Å². The molecule has 1 aromatic rings. The normalized spacial score (nSPS) is 24.9. The van der Waals surface area contributed by atoms with Crippen molar-refractivity contribution in [2.45, 2.75) is 63.4 Å². The SMILES string of the molecule is O=C1[C@@H](O)CN(CCCCCOCc2ccc(C3=C/C=C\CCCC=C3)c(F)c2)C(CO)[C@H]1O. The van der Waals surface area contributed by atoms with Crippen molar-refractivity contribution in [2.24, 2.45) is 0 Å². The van der Waals surface area contributed by atoms with Crippen molar-refractivity contribution in [2.75, 3.05) is 26.3 Å². The van der Waals surface area contributed by atoms with Crippen LogP contribution in [0.25, 0.3) is 5.57 Å². The summed E-state index contributed by atoms with van der Waals surface area (Å²) in [6.45, 7) is 1.24. The predicted molar refractivity (Wildman–Crippen MR) is 129 cm³/mol. The fraction of sp³-hybridized carbons (Fsp3) is 0.519. The average molecular weight is 474 g/mol. The Bertz CT molecular complexity index is 897. The van der Waals surface area contributed by atoms with Crippen molar-refractivity contribution in [3.63, 3.8) is 0 Å². The Kier molecular flexibility index (Phi) is 10.6. The van der Waals surface area contributed by atoms with E-state index < -0.39 is 24.0 Å². The number of hydrogen-bond acceptors (Lipinski definition) is 6. The molecule has 1 unspecified atom stereocenters. The zero-order valence-corrected chi connectivity index (χ0v) is 19.6. The van der Waals surface area contributed by atoms with E-state index in [1.165, 1.54) is 6.07 Å². The van der Waals surface area contributed by atoms with E-state index in [0.29, 0.717) is 25.3 Å². The highest BCUT2D eigenvalue weighted by Gasteiger charge is 2.40. The van der Waals surface area contributed by atoms with Crippen LogP contribution < -0.4 is 0 Å². The summed E-state index contributed by atoms with van der Waals surface area (Å²) < 4.78 is 20.4. The van der Waals surface area contributed by atoms with Gasteiger partial charge in [-0.1, -0.05) is 42.5 Å². The minimum Gasteiger partial charge on any atom is -0.395 e.